The SMILES string of the molecule is CC/C=C\C/C=C\C/C=C\C/C=C\C/C=C\C/C=C\CCCCCCCCC(=O)OC(COC(=O)CCCCCCCCCCCCCCCCCCC/C=C\CCCCCCCCCC)COC(OCC[N+](C)(C)C)C(=O)[O-]. The van der Waals surface area contributed by atoms with E-state index in [4.69, 9.17) is 18.9 Å². The van der Waals surface area contributed by atoms with Crippen LogP contribution in [0.3, 0.4) is 0 Å². The van der Waals surface area contributed by atoms with Gasteiger partial charge in [-0.1, -0.05) is 266 Å². The molecule has 9 heteroatoms. The van der Waals surface area contributed by atoms with Crippen molar-refractivity contribution in [3.63, 3.8) is 0 Å². The van der Waals surface area contributed by atoms with E-state index in [-0.39, 0.29) is 38.6 Å². The van der Waals surface area contributed by atoms with Gasteiger partial charge in [-0.3, -0.25) is 9.59 Å². The van der Waals surface area contributed by atoms with Gasteiger partial charge in [0.25, 0.3) is 0 Å². The number of hydrogen-bond donors (Lipinski definition) is 0. The minimum Gasteiger partial charge on any atom is -0.545 e. The molecule has 0 saturated heterocycles. The van der Waals surface area contributed by atoms with Crippen molar-refractivity contribution in [3.05, 3.63) is 85.1 Å². The lowest BCUT2D eigenvalue weighted by molar-refractivity contribution is -0.870. The molecule has 0 spiro atoms. The van der Waals surface area contributed by atoms with Crippen LogP contribution >= 0.6 is 0 Å². The summed E-state index contributed by atoms with van der Waals surface area (Å²) >= 11 is 0. The van der Waals surface area contributed by atoms with Crippen LogP contribution in [0.2, 0.25) is 0 Å². The summed E-state index contributed by atoms with van der Waals surface area (Å²) in [4.78, 5) is 37.4. The minimum atomic E-state index is -1.63. The second-order valence-electron chi connectivity index (χ2n) is 23.0. The molecule has 0 N–H and O–H groups in total. The topological polar surface area (TPSA) is 111 Å². The molecule has 0 saturated carbocycles. The second-order valence-corrected chi connectivity index (χ2v) is 23.0. The van der Waals surface area contributed by atoms with E-state index < -0.39 is 24.3 Å². The van der Waals surface area contributed by atoms with Crippen LogP contribution < -0.4 is 5.11 Å². The minimum absolute atomic E-state index is 0.141. The number of carboxylic acid groups (broad SMARTS) is 1. The highest BCUT2D eigenvalue weighted by atomic mass is 16.7. The van der Waals surface area contributed by atoms with Gasteiger partial charge in [0.1, 0.15) is 13.2 Å². The zero-order valence-corrected chi connectivity index (χ0v) is 52.0. The monoisotopic (exact) mass is 1110 g/mol. The molecule has 0 aliphatic rings. The van der Waals surface area contributed by atoms with Gasteiger partial charge in [-0.15, -0.1) is 0 Å². The first-order valence-corrected chi connectivity index (χ1v) is 32.7. The Morgan fingerprint density at radius 2 is 0.722 bits per heavy atom. The number of allylic oxidation sites excluding steroid dienone is 14. The number of hydrogen-bond acceptors (Lipinski definition) is 8. The molecule has 0 aromatic rings. The summed E-state index contributed by atoms with van der Waals surface area (Å²) < 4.78 is 22.8. The van der Waals surface area contributed by atoms with Gasteiger partial charge < -0.3 is 33.3 Å². The standard InChI is InChI=1S/C70H123NO8/c1-6-8-10-12-14-16-18-20-22-24-26-28-30-32-33-34-35-37-38-40-42-44-46-48-50-52-54-56-58-60-67(72)77-64-66(65-78-70(69(74)75)76-63-62-71(3,4)5)79-68(73)61-59-57-55-53-51-49-47-45-43-41-39-36-31-29-27-25-23-21-19-17-15-13-11-9-7-2/h9,11,15,17,21,23-24,26-27,29,36,39,43,45,66,70H,6-8,10,12-14,16,18-20,22,25,28,30-35,37-38,40-42,44,46-65H2,1-5H3/b11-9-,17-15-,23-21-,26-24-,29-27-,39-36-,45-43-. The largest absolute Gasteiger partial charge is 0.545 e. The molecule has 0 radical (unpaired) electrons. The predicted molar refractivity (Wildman–Crippen MR) is 334 cm³/mol. The highest BCUT2D eigenvalue weighted by Gasteiger charge is 2.22. The highest BCUT2D eigenvalue weighted by molar-refractivity contribution is 5.70. The molecule has 2 unspecified atom stereocenters. The zero-order chi connectivity index (χ0) is 57.6. The Kier molecular flexibility index (Phi) is 57.9. The quantitative estimate of drug-likeness (QED) is 0.0195. The van der Waals surface area contributed by atoms with Crippen LogP contribution in [0.25, 0.3) is 0 Å². The van der Waals surface area contributed by atoms with Crippen molar-refractivity contribution in [3.8, 4) is 0 Å². The second kappa shape index (κ2) is 60.6. The van der Waals surface area contributed by atoms with Crippen molar-refractivity contribution in [2.45, 2.75) is 296 Å². The molecule has 0 rings (SSSR count). The molecule has 79 heavy (non-hydrogen) atoms. The van der Waals surface area contributed by atoms with Gasteiger partial charge in [0, 0.05) is 12.8 Å². The first-order chi connectivity index (χ1) is 38.6. The predicted octanol–water partition coefficient (Wildman–Crippen LogP) is 18.6. The molecule has 0 bridgehead atoms. The van der Waals surface area contributed by atoms with Gasteiger partial charge in [0.15, 0.2) is 12.4 Å². The normalized spacial score (nSPS) is 13.3. The number of carbonyl (C=O) groups excluding carboxylic acids is 3. The van der Waals surface area contributed by atoms with Crippen LogP contribution in [-0.4, -0.2) is 82.3 Å². The smallest absolute Gasteiger partial charge is 0.306 e. The average Bonchev–Trinajstić information content (AvgIpc) is 3.42. The molecule has 0 heterocycles. The van der Waals surface area contributed by atoms with Crippen molar-refractivity contribution in [2.24, 2.45) is 0 Å². The Morgan fingerprint density at radius 1 is 0.392 bits per heavy atom. The Balaban J connectivity index is 4.18. The first kappa shape index (κ1) is 75.5. The van der Waals surface area contributed by atoms with Crippen LogP contribution in [-0.2, 0) is 33.3 Å². The molecule has 9 nitrogen and oxygen atoms in total. The van der Waals surface area contributed by atoms with E-state index in [0.717, 1.165) is 96.3 Å². The Bertz CT molecular complexity index is 1570. The number of nitrogens with zero attached hydrogens (tertiary/aromatic N) is 1. The van der Waals surface area contributed by atoms with Crippen LogP contribution in [0, 0.1) is 0 Å². The number of quaternary nitrogens is 1. The average molecular weight is 1110 g/mol. The van der Waals surface area contributed by atoms with Gasteiger partial charge in [0.05, 0.1) is 40.3 Å². The molecule has 0 fully saturated rings. The third-order valence-electron chi connectivity index (χ3n) is 14.1. The van der Waals surface area contributed by atoms with Crippen LogP contribution in [0.4, 0.5) is 0 Å². The number of rotatable bonds is 60. The first-order valence-electron chi connectivity index (χ1n) is 32.7. The maximum Gasteiger partial charge on any atom is 0.306 e. The summed E-state index contributed by atoms with van der Waals surface area (Å²) in [5.41, 5.74) is 0. The summed E-state index contributed by atoms with van der Waals surface area (Å²) in [5.74, 6) is -2.30. The Labute approximate surface area is 487 Å². The number of aliphatic carboxylic acids is 1. The van der Waals surface area contributed by atoms with Gasteiger partial charge >= 0.3 is 11.9 Å². The van der Waals surface area contributed by atoms with Crippen molar-refractivity contribution >= 4 is 17.9 Å². The number of carbonyl (C=O) groups is 3. The fraction of sp³-hybridized carbons (Fsp3) is 0.757. The van der Waals surface area contributed by atoms with Crippen molar-refractivity contribution in [1.82, 2.24) is 0 Å². The van der Waals surface area contributed by atoms with E-state index in [9.17, 15) is 19.5 Å². The maximum absolute atomic E-state index is 12.9. The Hall–Kier alpha value is -3.53. The highest BCUT2D eigenvalue weighted by Crippen LogP contribution is 2.17. The van der Waals surface area contributed by atoms with E-state index >= 15 is 0 Å². The third kappa shape index (κ3) is 61.9. The third-order valence-corrected chi connectivity index (χ3v) is 14.1. The van der Waals surface area contributed by atoms with E-state index in [0.29, 0.717) is 17.4 Å². The van der Waals surface area contributed by atoms with E-state index in [2.05, 4.69) is 98.9 Å². The molecule has 2 atom stereocenters. The van der Waals surface area contributed by atoms with E-state index in [1.807, 2.05) is 21.1 Å². The zero-order valence-electron chi connectivity index (χ0n) is 52.0. The summed E-state index contributed by atoms with van der Waals surface area (Å²) in [6.45, 7) is 4.64. The molecule has 456 valence electrons. The van der Waals surface area contributed by atoms with E-state index in [1.54, 1.807) is 0 Å². The van der Waals surface area contributed by atoms with E-state index in [1.165, 1.54) is 154 Å². The molecule has 0 aromatic carbocycles. The lowest BCUT2D eigenvalue weighted by atomic mass is 10.0. The molecule has 0 aliphatic heterocycles. The maximum atomic E-state index is 12.9. The number of likely N-dealkylation sites (N-methyl/N-ethyl adjacent to an activating group) is 1. The fourth-order valence-corrected chi connectivity index (χ4v) is 9.12. The molecule has 0 aromatic heterocycles. The van der Waals surface area contributed by atoms with Gasteiger partial charge in [-0.2, -0.15) is 0 Å². The lowest BCUT2D eigenvalue weighted by Crippen LogP contribution is -2.44. The molecule has 0 aliphatic carbocycles. The molecular formula is C70H123NO8. The number of unbranched alkanes of at least 4 members (excludes halogenated alkanes) is 31. The molecule has 0 amide bonds. The fourth-order valence-electron chi connectivity index (χ4n) is 9.12. The van der Waals surface area contributed by atoms with Crippen molar-refractivity contribution in [2.75, 3.05) is 47.5 Å². The number of ether oxygens (including phenoxy) is 4. The van der Waals surface area contributed by atoms with Gasteiger partial charge in [-0.05, 0) is 89.9 Å². The van der Waals surface area contributed by atoms with Crippen LogP contribution in [0.15, 0.2) is 85.1 Å². The van der Waals surface area contributed by atoms with Gasteiger partial charge in [-0.25, -0.2) is 0 Å². The van der Waals surface area contributed by atoms with Gasteiger partial charge in [0.2, 0.25) is 0 Å². The van der Waals surface area contributed by atoms with Crippen molar-refractivity contribution < 1.29 is 42.9 Å². The summed E-state index contributed by atoms with van der Waals surface area (Å²) in [6, 6.07) is 0. The number of carboxylic acids is 1. The Morgan fingerprint density at radius 3 is 1.09 bits per heavy atom. The van der Waals surface area contributed by atoms with Crippen LogP contribution in [0.5, 0.6) is 0 Å². The number of esters is 2. The summed E-state index contributed by atoms with van der Waals surface area (Å²) in [6.07, 6.45) is 77.9. The lowest BCUT2D eigenvalue weighted by Gasteiger charge is -2.26. The summed E-state index contributed by atoms with van der Waals surface area (Å²) in [5, 5.41) is 11.8. The molecular weight excluding hydrogens is 983 g/mol. The van der Waals surface area contributed by atoms with Crippen LogP contribution in [0.1, 0.15) is 284 Å². The summed E-state index contributed by atoms with van der Waals surface area (Å²) in [7, 11) is 5.92. The van der Waals surface area contributed by atoms with Crippen molar-refractivity contribution in [1.29, 1.82) is 0 Å².